The number of amides is 1. The van der Waals surface area contributed by atoms with Crippen molar-refractivity contribution in [1.82, 2.24) is 9.62 Å². The molecule has 4 rings (SSSR count). The first-order valence-corrected chi connectivity index (χ1v) is 12.8. The van der Waals surface area contributed by atoms with E-state index < -0.39 is 10.0 Å². The van der Waals surface area contributed by atoms with Gasteiger partial charge in [-0.3, -0.25) is 4.79 Å². The molecule has 0 radical (unpaired) electrons. The van der Waals surface area contributed by atoms with Crippen molar-refractivity contribution < 1.29 is 22.7 Å². The molecule has 0 aromatic heterocycles. The monoisotopic (exact) mass is 448 g/mol. The van der Waals surface area contributed by atoms with Crippen LogP contribution < -0.4 is 14.8 Å². The van der Waals surface area contributed by atoms with Gasteiger partial charge in [-0.25, -0.2) is 8.42 Å². The number of carbonyl (C=O) groups excluding carboxylic acids is 1. The summed E-state index contributed by atoms with van der Waals surface area (Å²) in [6.45, 7) is 2.43. The smallest absolute Gasteiger partial charge is 0.243 e. The van der Waals surface area contributed by atoms with Gasteiger partial charge in [0.2, 0.25) is 15.9 Å². The largest absolute Gasteiger partial charge is 0.490 e. The molecule has 1 aliphatic carbocycles. The number of sulfonamides is 1. The highest BCUT2D eigenvalue weighted by Crippen LogP contribution is 2.33. The average Bonchev–Trinajstić information content (AvgIpc) is 3.05. The molecule has 3 aliphatic rings. The minimum Gasteiger partial charge on any atom is -0.490 e. The Morgan fingerprint density at radius 1 is 1.06 bits per heavy atom. The van der Waals surface area contributed by atoms with Gasteiger partial charge >= 0.3 is 0 Å². The molecule has 0 spiro atoms. The van der Waals surface area contributed by atoms with Crippen molar-refractivity contribution in [2.45, 2.75) is 56.3 Å². The van der Waals surface area contributed by atoms with Crippen LogP contribution in [0.25, 0.3) is 0 Å². The van der Waals surface area contributed by atoms with Crippen LogP contribution >= 0.6 is 0 Å². The fourth-order valence-corrected chi connectivity index (χ4v) is 5.92. The van der Waals surface area contributed by atoms with Crippen molar-refractivity contribution in [3.8, 4) is 11.5 Å². The summed E-state index contributed by atoms with van der Waals surface area (Å²) in [5.74, 6) is 0.969. The number of rotatable bonds is 6. The van der Waals surface area contributed by atoms with Crippen LogP contribution in [0.3, 0.4) is 0 Å². The van der Waals surface area contributed by atoms with Crippen molar-refractivity contribution >= 4 is 15.9 Å². The minimum atomic E-state index is -3.63. The number of hydrogen-bond donors (Lipinski definition) is 1. The van der Waals surface area contributed by atoms with Crippen LogP contribution in [-0.2, 0) is 14.8 Å². The standard InChI is InChI=1S/C23H32N2O5S/c26-23(24-12-9-18-5-2-1-3-6-18)19-10-13-25(14-11-19)31(27,28)20-7-8-21-22(17-20)30-16-4-15-29-21/h5,7-8,17,19H,1-4,6,9-16H2,(H,24,26). The van der Waals surface area contributed by atoms with Crippen molar-refractivity contribution in [3.63, 3.8) is 0 Å². The summed E-state index contributed by atoms with van der Waals surface area (Å²) in [6.07, 6.45) is 9.88. The van der Waals surface area contributed by atoms with Gasteiger partial charge in [-0.2, -0.15) is 4.31 Å². The molecule has 1 saturated heterocycles. The first-order valence-electron chi connectivity index (χ1n) is 11.4. The Bertz CT molecular complexity index is 920. The topological polar surface area (TPSA) is 84.9 Å². The van der Waals surface area contributed by atoms with E-state index in [2.05, 4.69) is 11.4 Å². The van der Waals surface area contributed by atoms with Gasteiger partial charge in [0.1, 0.15) is 0 Å². The predicted octanol–water partition coefficient (Wildman–Crippen LogP) is 3.26. The van der Waals surface area contributed by atoms with Crippen molar-refractivity contribution in [2.24, 2.45) is 5.92 Å². The molecule has 170 valence electrons. The van der Waals surface area contributed by atoms with Gasteiger partial charge in [-0.1, -0.05) is 11.6 Å². The number of fused-ring (bicyclic) bond motifs is 1. The van der Waals surface area contributed by atoms with Crippen LogP contribution in [-0.4, -0.2) is 51.5 Å². The summed E-state index contributed by atoms with van der Waals surface area (Å²) in [6, 6.07) is 4.78. The molecule has 2 heterocycles. The van der Waals surface area contributed by atoms with Crippen LogP contribution in [0.15, 0.2) is 34.7 Å². The van der Waals surface area contributed by atoms with E-state index in [1.807, 2.05) is 0 Å². The summed E-state index contributed by atoms with van der Waals surface area (Å²) in [4.78, 5) is 12.7. The van der Waals surface area contributed by atoms with E-state index in [9.17, 15) is 13.2 Å². The van der Waals surface area contributed by atoms with Gasteiger partial charge in [0.05, 0.1) is 18.1 Å². The lowest BCUT2D eigenvalue weighted by Gasteiger charge is -2.30. The lowest BCUT2D eigenvalue weighted by Crippen LogP contribution is -2.43. The molecule has 1 aromatic carbocycles. The highest BCUT2D eigenvalue weighted by atomic mass is 32.2. The maximum absolute atomic E-state index is 13.1. The Kier molecular flexibility index (Phi) is 7.17. The third-order valence-electron chi connectivity index (χ3n) is 6.31. The van der Waals surface area contributed by atoms with E-state index in [0.717, 1.165) is 25.7 Å². The van der Waals surface area contributed by atoms with E-state index in [1.165, 1.54) is 22.7 Å². The van der Waals surface area contributed by atoms with Gasteiger partial charge < -0.3 is 14.8 Å². The number of nitrogens with zero attached hydrogens (tertiary/aromatic N) is 1. The van der Waals surface area contributed by atoms with E-state index in [1.54, 1.807) is 18.2 Å². The number of allylic oxidation sites excluding steroid dienone is 1. The molecular formula is C23H32N2O5S. The number of benzene rings is 1. The molecule has 1 amide bonds. The molecule has 0 atom stereocenters. The molecule has 1 aromatic rings. The quantitative estimate of drug-likeness (QED) is 0.676. The van der Waals surface area contributed by atoms with Crippen molar-refractivity contribution in [3.05, 3.63) is 29.8 Å². The molecule has 31 heavy (non-hydrogen) atoms. The molecule has 1 fully saturated rings. The van der Waals surface area contributed by atoms with E-state index in [4.69, 9.17) is 9.47 Å². The minimum absolute atomic E-state index is 0.0454. The van der Waals surface area contributed by atoms with Gasteiger partial charge in [0, 0.05) is 38.0 Å². The lowest BCUT2D eigenvalue weighted by molar-refractivity contribution is -0.126. The van der Waals surface area contributed by atoms with E-state index >= 15 is 0 Å². The highest BCUT2D eigenvalue weighted by Gasteiger charge is 2.32. The summed E-state index contributed by atoms with van der Waals surface area (Å²) in [5, 5.41) is 3.05. The molecule has 0 bridgehead atoms. The summed E-state index contributed by atoms with van der Waals surface area (Å²) < 4.78 is 38.9. The lowest BCUT2D eigenvalue weighted by atomic mass is 9.96. The molecule has 8 heteroatoms. The zero-order chi connectivity index (χ0) is 21.7. The predicted molar refractivity (Wildman–Crippen MR) is 118 cm³/mol. The maximum atomic E-state index is 13.1. The molecule has 0 saturated carbocycles. The number of piperidine rings is 1. The van der Waals surface area contributed by atoms with Crippen LogP contribution in [0, 0.1) is 5.92 Å². The first-order chi connectivity index (χ1) is 15.0. The van der Waals surface area contributed by atoms with Crippen molar-refractivity contribution in [1.29, 1.82) is 0 Å². The SMILES string of the molecule is O=C(NCCC1=CCCCC1)C1CCN(S(=O)(=O)c2ccc3c(c2)OCCCO3)CC1. The summed E-state index contributed by atoms with van der Waals surface area (Å²) >= 11 is 0. The molecule has 1 N–H and O–H groups in total. The second-order valence-electron chi connectivity index (χ2n) is 8.49. The first kappa shape index (κ1) is 22.1. The van der Waals surface area contributed by atoms with Crippen LogP contribution in [0.5, 0.6) is 11.5 Å². The van der Waals surface area contributed by atoms with Gasteiger partial charge in [0.15, 0.2) is 11.5 Å². The Morgan fingerprint density at radius 3 is 2.58 bits per heavy atom. The van der Waals surface area contributed by atoms with Crippen LogP contribution in [0.1, 0.15) is 51.4 Å². The fourth-order valence-electron chi connectivity index (χ4n) is 4.43. The molecule has 7 nitrogen and oxygen atoms in total. The third-order valence-corrected chi connectivity index (χ3v) is 8.21. The van der Waals surface area contributed by atoms with E-state index in [0.29, 0.717) is 57.2 Å². The van der Waals surface area contributed by atoms with Crippen molar-refractivity contribution in [2.75, 3.05) is 32.8 Å². The third kappa shape index (κ3) is 5.41. The average molecular weight is 449 g/mol. The Labute approximate surface area is 184 Å². The Morgan fingerprint density at radius 2 is 1.84 bits per heavy atom. The zero-order valence-corrected chi connectivity index (χ0v) is 18.8. The van der Waals surface area contributed by atoms with Gasteiger partial charge in [0.25, 0.3) is 0 Å². The second-order valence-corrected chi connectivity index (χ2v) is 10.4. The number of hydrogen-bond acceptors (Lipinski definition) is 5. The Balaban J connectivity index is 1.30. The highest BCUT2D eigenvalue weighted by molar-refractivity contribution is 7.89. The van der Waals surface area contributed by atoms with Gasteiger partial charge in [-0.05, 0) is 57.1 Å². The molecular weight excluding hydrogens is 416 g/mol. The molecule has 2 aliphatic heterocycles. The maximum Gasteiger partial charge on any atom is 0.243 e. The van der Waals surface area contributed by atoms with E-state index in [-0.39, 0.29) is 16.7 Å². The van der Waals surface area contributed by atoms with Gasteiger partial charge in [-0.15, -0.1) is 0 Å². The van der Waals surface area contributed by atoms with Crippen LogP contribution in [0.2, 0.25) is 0 Å². The number of carbonyl (C=O) groups is 1. The normalized spacial score (nSPS) is 20.6. The number of nitrogens with one attached hydrogen (secondary N) is 1. The number of ether oxygens (including phenoxy) is 2. The fraction of sp³-hybridized carbons (Fsp3) is 0.609. The molecule has 0 unspecified atom stereocenters. The summed E-state index contributed by atoms with van der Waals surface area (Å²) in [5.41, 5.74) is 1.45. The Hall–Kier alpha value is -2.06. The zero-order valence-electron chi connectivity index (χ0n) is 18.0. The second kappa shape index (κ2) is 10.0. The summed E-state index contributed by atoms with van der Waals surface area (Å²) in [7, 11) is -3.63. The van der Waals surface area contributed by atoms with Crippen LogP contribution in [0.4, 0.5) is 0 Å².